The highest BCUT2D eigenvalue weighted by molar-refractivity contribution is 5.77. The van der Waals surface area contributed by atoms with E-state index in [0.717, 1.165) is 4.90 Å². The van der Waals surface area contributed by atoms with Crippen LogP contribution < -0.4 is 5.73 Å². The van der Waals surface area contributed by atoms with Gasteiger partial charge in [-0.3, -0.25) is 4.79 Å². The summed E-state index contributed by atoms with van der Waals surface area (Å²) in [4.78, 5) is 14.8. The lowest BCUT2D eigenvalue weighted by atomic mass is 10.0. The van der Waals surface area contributed by atoms with Crippen LogP contribution in [0.25, 0.3) is 0 Å². The van der Waals surface area contributed by atoms with Gasteiger partial charge in [-0.1, -0.05) is 0 Å². The highest BCUT2D eigenvalue weighted by atomic mass is 19.4. The van der Waals surface area contributed by atoms with Crippen molar-refractivity contribution in [3.8, 4) is 0 Å². The van der Waals surface area contributed by atoms with Crippen LogP contribution in [0.1, 0.15) is 12.0 Å². The number of carbonyl (C=O) groups is 1. The second kappa shape index (κ2) is 7.66. The van der Waals surface area contributed by atoms with Crippen molar-refractivity contribution in [2.24, 2.45) is 16.0 Å². The number of halogens is 6. The Morgan fingerprint density at radius 1 is 1.14 bits per heavy atom. The van der Waals surface area contributed by atoms with Crippen molar-refractivity contribution < 1.29 is 31.1 Å². The molecule has 0 saturated carbocycles. The Labute approximate surface area is 156 Å². The van der Waals surface area contributed by atoms with Gasteiger partial charge in [-0.15, -0.1) is 0 Å². The third-order valence-corrected chi connectivity index (χ3v) is 4.67. The molecule has 0 radical (unpaired) electrons. The molecule has 12 heteroatoms. The number of benzene rings is 1. The van der Waals surface area contributed by atoms with E-state index in [-0.39, 0.29) is 38.0 Å². The van der Waals surface area contributed by atoms with Crippen molar-refractivity contribution in [2.75, 3.05) is 19.6 Å². The van der Waals surface area contributed by atoms with Gasteiger partial charge in [0.1, 0.15) is 12.0 Å². The Morgan fingerprint density at radius 3 is 2.50 bits per heavy atom. The lowest BCUT2D eigenvalue weighted by Crippen LogP contribution is -2.57. The summed E-state index contributed by atoms with van der Waals surface area (Å²) in [5.41, 5.74) is 5.66. The van der Waals surface area contributed by atoms with E-state index in [1.165, 1.54) is 4.90 Å². The molecule has 2 unspecified atom stereocenters. The number of amides is 1. The van der Waals surface area contributed by atoms with Crippen LogP contribution in [-0.2, 0) is 11.2 Å². The fourth-order valence-corrected chi connectivity index (χ4v) is 3.28. The average Bonchev–Trinajstić information content (AvgIpc) is 3.03. The minimum atomic E-state index is -4.54. The molecule has 2 heterocycles. The molecular weight excluding hydrogens is 392 g/mol. The molecule has 1 saturated heterocycles. The number of alkyl halides is 3. The maximum Gasteiger partial charge on any atom is 0.426 e. The quantitative estimate of drug-likeness (QED) is 0.612. The minimum Gasteiger partial charge on any atom is -0.338 e. The second-order valence-electron chi connectivity index (χ2n) is 6.73. The van der Waals surface area contributed by atoms with E-state index in [4.69, 9.17) is 5.73 Å². The van der Waals surface area contributed by atoms with Crippen LogP contribution in [0.2, 0.25) is 0 Å². The van der Waals surface area contributed by atoms with Crippen molar-refractivity contribution in [1.82, 2.24) is 9.80 Å². The molecule has 1 amide bonds. The third kappa shape index (κ3) is 4.27. The topological polar surface area (TPSA) is 74.3 Å². The molecule has 3 rings (SSSR count). The number of piperazine rings is 1. The number of carbonyl (C=O) groups excluding carboxylic acids is 1. The predicted molar refractivity (Wildman–Crippen MR) is 84.4 cm³/mol. The zero-order valence-corrected chi connectivity index (χ0v) is 14.5. The van der Waals surface area contributed by atoms with E-state index >= 15 is 0 Å². The number of azo groups is 1. The van der Waals surface area contributed by atoms with E-state index < -0.39 is 47.9 Å². The first-order valence-corrected chi connectivity index (χ1v) is 8.45. The summed E-state index contributed by atoms with van der Waals surface area (Å²) >= 11 is 0. The fraction of sp³-hybridized carbons (Fsp3) is 0.562. The number of nitrogens with zero attached hydrogens (tertiary/aromatic N) is 4. The van der Waals surface area contributed by atoms with E-state index in [1.54, 1.807) is 0 Å². The molecule has 1 aromatic rings. The van der Waals surface area contributed by atoms with Gasteiger partial charge >= 0.3 is 6.18 Å². The molecule has 2 N–H and O–H groups in total. The van der Waals surface area contributed by atoms with Crippen LogP contribution in [0.3, 0.4) is 0 Å². The first-order chi connectivity index (χ1) is 13.1. The average molecular weight is 409 g/mol. The summed E-state index contributed by atoms with van der Waals surface area (Å²) in [7, 11) is 0. The Bertz CT molecular complexity index is 786. The molecule has 2 aliphatic rings. The van der Waals surface area contributed by atoms with E-state index in [9.17, 15) is 31.1 Å². The highest BCUT2D eigenvalue weighted by Gasteiger charge is 2.51. The van der Waals surface area contributed by atoms with Crippen molar-refractivity contribution >= 4 is 5.91 Å². The SMILES string of the molecule is N[C@@H](CC(=O)N1CCN2C(C1)N=NC2C(F)(F)F)Cc1cc(F)c(F)cc1F. The zero-order valence-electron chi connectivity index (χ0n) is 14.5. The molecule has 0 aromatic heterocycles. The summed E-state index contributed by atoms with van der Waals surface area (Å²) < 4.78 is 78.5. The largest absolute Gasteiger partial charge is 0.426 e. The number of hydrogen-bond acceptors (Lipinski definition) is 5. The lowest BCUT2D eigenvalue weighted by molar-refractivity contribution is -0.184. The first-order valence-electron chi connectivity index (χ1n) is 8.45. The lowest BCUT2D eigenvalue weighted by Gasteiger charge is -2.38. The Kier molecular flexibility index (Phi) is 5.62. The fourth-order valence-electron chi connectivity index (χ4n) is 3.28. The maximum atomic E-state index is 13.7. The third-order valence-electron chi connectivity index (χ3n) is 4.67. The van der Waals surface area contributed by atoms with Gasteiger partial charge in [0.15, 0.2) is 11.6 Å². The number of hydrogen-bond donors (Lipinski definition) is 1. The minimum absolute atomic E-state index is 0.0409. The summed E-state index contributed by atoms with van der Waals surface area (Å²) in [5.74, 6) is -3.97. The molecule has 6 nitrogen and oxygen atoms in total. The van der Waals surface area contributed by atoms with Gasteiger partial charge in [-0.25, -0.2) is 18.1 Å². The van der Waals surface area contributed by atoms with Gasteiger partial charge in [0, 0.05) is 31.6 Å². The van der Waals surface area contributed by atoms with Crippen molar-refractivity contribution in [2.45, 2.75) is 37.4 Å². The van der Waals surface area contributed by atoms with Crippen molar-refractivity contribution in [3.63, 3.8) is 0 Å². The van der Waals surface area contributed by atoms with Gasteiger partial charge in [0.05, 0.1) is 6.54 Å². The standard InChI is InChI=1S/C16H17F6N5O/c17-10-6-12(19)11(18)4-8(10)3-9(23)5-14(28)26-1-2-27-13(7-26)24-25-15(27)16(20,21)22/h4,6,9,13,15H,1-3,5,7,23H2/t9-,13?,15?/m1/s1. The summed E-state index contributed by atoms with van der Waals surface area (Å²) in [6.07, 6.45) is -7.86. The molecule has 28 heavy (non-hydrogen) atoms. The molecule has 1 aromatic carbocycles. The smallest absolute Gasteiger partial charge is 0.338 e. The van der Waals surface area contributed by atoms with Crippen LogP contribution in [-0.4, -0.2) is 59.9 Å². The summed E-state index contributed by atoms with van der Waals surface area (Å²) in [6.45, 7) is -0.0823. The summed E-state index contributed by atoms with van der Waals surface area (Å²) in [6, 6.07) is 0.211. The Hall–Kier alpha value is -2.21. The van der Waals surface area contributed by atoms with Gasteiger partial charge in [-0.2, -0.15) is 23.4 Å². The molecule has 2 aliphatic heterocycles. The Balaban J connectivity index is 1.56. The Morgan fingerprint density at radius 2 is 1.82 bits per heavy atom. The van der Waals surface area contributed by atoms with Crippen LogP contribution in [0, 0.1) is 17.5 Å². The molecular formula is C16H17F6N5O. The molecule has 0 aliphatic carbocycles. The number of fused-ring (bicyclic) bond motifs is 1. The van der Waals surface area contributed by atoms with Crippen molar-refractivity contribution in [1.29, 1.82) is 0 Å². The zero-order chi connectivity index (χ0) is 20.6. The van der Waals surface area contributed by atoms with Gasteiger partial charge in [-0.05, 0) is 18.1 Å². The van der Waals surface area contributed by atoms with Crippen LogP contribution >= 0.6 is 0 Å². The van der Waals surface area contributed by atoms with Crippen LogP contribution in [0.15, 0.2) is 22.4 Å². The molecule has 0 spiro atoms. The van der Waals surface area contributed by atoms with Crippen LogP contribution in [0.5, 0.6) is 0 Å². The monoisotopic (exact) mass is 409 g/mol. The predicted octanol–water partition coefficient (Wildman–Crippen LogP) is 2.19. The van der Waals surface area contributed by atoms with Gasteiger partial charge in [0.2, 0.25) is 12.1 Å². The van der Waals surface area contributed by atoms with Gasteiger partial charge < -0.3 is 10.6 Å². The maximum absolute atomic E-state index is 13.7. The summed E-state index contributed by atoms with van der Waals surface area (Å²) in [5, 5.41) is 6.84. The molecule has 154 valence electrons. The molecule has 1 fully saturated rings. The highest BCUT2D eigenvalue weighted by Crippen LogP contribution is 2.33. The van der Waals surface area contributed by atoms with E-state index in [0.29, 0.717) is 12.1 Å². The molecule has 3 atom stereocenters. The number of rotatable bonds is 4. The van der Waals surface area contributed by atoms with Crippen LogP contribution in [0.4, 0.5) is 26.3 Å². The number of nitrogens with two attached hydrogens (primary N) is 1. The van der Waals surface area contributed by atoms with E-state index in [1.807, 2.05) is 0 Å². The first kappa shape index (κ1) is 20.5. The van der Waals surface area contributed by atoms with Crippen molar-refractivity contribution in [3.05, 3.63) is 35.1 Å². The van der Waals surface area contributed by atoms with E-state index in [2.05, 4.69) is 10.2 Å². The molecule has 0 bridgehead atoms. The normalized spacial score (nSPS) is 23.8. The van der Waals surface area contributed by atoms with Gasteiger partial charge in [0.25, 0.3) is 0 Å². The second-order valence-corrected chi connectivity index (χ2v) is 6.73.